The maximum absolute atomic E-state index is 5.48. The van der Waals surface area contributed by atoms with E-state index in [-0.39, 0.29) is 0 Å². The largest absolute Gasteiger partial charge is 0.497 e. The normalized spacial score (nSPS) is 13.3. The molecule has 0 unspecified atom stereocenters. The molecule has 3 nitrogen and oxygen atoms in total. The highest BCUT2D eigenvalue weighted by atomic mass is 16.5. The minimum atomic E-state index is 0.817. The number of rotatable bonds is 3. The van der Waals surface area contributed by atoms with Crippen molar-refractivity contribution in [3.63, 3.8) is 0 Å². The molecule has 0 saturated heterocycles. The first-order valence-corrected chi connectivity index (χ1v) is 6.35. The highest BCUT2D eigenvalue weighted by molar-refractivity contribution is 5.63. The summed E-state index contributed by atoms with van der Waals surface area (Å²) in [6.45, 7) is 1.86. The van der Waals surface area contributed by atoms with Crippen molar-refractivity contribution in [2.24, 2.45) is 0 Å². The molecule has 0 N–H and O–H groups in total. The standard InChI is InChI=1S/C16H17NO2/c1-18-14-7-8-15(16(9-14)19-2)17-10-12-5-3-4-6-13(12)11-17/h3-9H,10-11H2,1-2H3. The van der Waals surface area contributed by atoms with Crippen molar-refractivity contribution in [2.45, 2.75) is 13.1 Å². The smallest absolute Gasteiger partial charge is 0.145 e. The summed E-state index contributed by atoms with van der Waals surface area (Å²) in [4.78, 5) is 2.32. The van der Waals surface area contributed by atoms with Crippen molar-refractivity contribution in [1.82, 2.24) is 0 Å². The maximum atomic E-state index is 5.48. The summed E-state index contributed by atoms with van der Waals surface area (Å²) in [7, 11) is 3.36. The van der Waals surface area contributed by atoms with Crippen LogP contribution in [0.2, 0.25) is 0 Å². The first-order valence-electron chi connectivity index (χ1n) is 6.35. The van der Waals surface area contributed by atoms with Gasteiger partial charge in [-0.25, -0.2) is 0 Å². The number of anilines is 1. The molecular weight excluding hydrogens is 238 g/mol. The molecule has 0 spiro atoms. The molecule has 0 saturated carbocycles. The summed E-state index contributed by atoms with van der Waals surface area (Å²) < 4.78 is 10.7. The van der Waals surface area contributed by atoms with Crippen LogP contribution in [0, 0.1) is 0 Å². The number of methoxy groups -OCH3 is 2. The van der Waals surface area contributed by atoms with Gasteiger partial charge in [0.15, 0.2) is 0 Å². The first kappa shape index (κ1) is 11.9. The highest BCUT2D eigenvalue weighted by Crippen LogP contribution is 2.36. The van der Waals surface area contributed by atoms with Crippen molar-refractivity contribution in [3.05, 3.63) is 53.6 Å². The number of benzene rings is 2. The van der Waals surface area contributed by atoms with Gasteiger partial charge in [-0.05, 0) is 23.3 Å². The van der Waals surface area contributed by atoms with Crippen molar-refractivity contribution < 1.29 is 9.47 Å². The predicted octanol–water partition coefficient (Wildman–Crippen LogP) is 3.22. The topological polar surface area (TPSA) is 21.7 Å². The zero-order valence-electron chi connectivity index (χ0n) is 11.2. The van der Waals surface area contributed by atoms with Gasteiger partial charge in [-0.15, -0.1) is 0 Å². The van der Waals surface area contributed by atoms with Gasteiger partial charge < -0.3 is 14.4 Å². The minimum absolute atomic E-state index is 0.817. The molecule has 0 aromatic heterocycles. The fourth-order valence-corrected chi connectivity index (χ4v) is 2.55. The number of ether oxygens (including phenoxy) is 2. The summed E-state index contributed by atoms with van der Waals surface area (Å²) in [6, 6.07) is 14.5. The monoisotopic (exact) mass is 255 g/mol. The fraction of sp³-hybridized carbons (Fsp3) is 0.250. The second-order valence-corrected chi connectivity index (χ2v) is 4.66. The Morgan fingerprint density at radius 3 is 2.16 bits per heavy atom. The Balaban J connectivity index is 1.92. The van der Waals surface area contributed by atoms with E-state index < -0.39 is 0 Å². The molecule has 0 aliphatic carbocycles. The van der Waals surface area contributed by atoms with E-state index in [1.807, 2.05) is 12.1 Å². The van der Waals surface area contributed by atoms with Crippen LogP contribution in [0.4, 0.5) is 5.69 Å². The van der Waals surface area contributed by atoms with E-state index in [0.717, 1.165) is 30.3 Å². The second kappa shape index (κ2) is 4.84. The molecule has 19 heavy (non-hydrogen) atoms. The lowest BCUT2D eigenvalue weighted by atomic mass is 10.1. The Morgan fingerprint density at radius 1 is 0.895 bits per heavy atom. The van der Waals surface area contributed by atoms with E-state index in [2.05, 4.69) is 35.2 Å². The molecule has 1 aliphatic rings. The minimum Gasteiger partial charge on any atom is -0.497 e. The summed E-state index contributed by atoms with van der Waals surface area (Å²) in [6.07, 6.45) is 0. The predicted molar refractivity (Wildman–Crippen MR) is 75.9 cm³/mol. The van der Waals surface area contributed by atoms with Crippen LogP contribution in [0.3, 0.4) is 0 Å². The van der Waals surface area contributed by atoms with Crippen LogP contribution in [0.5, 0.6) is 11.5 Å². The van der Waals surface area contributed by atoms with E-state index in [1.165, 1.54) is 11.1 Å². The van der Waals surface area contributed by atoms with Gasteiger partial charge in [-0.3, -0.25) is 0 Å². The Kier molecular flexibility index (Phi) is 3.03. The van der Waals surface area contributed by atoms with Crippen LogP contribution in [0.15, 0.2) is 42.5 Å². The van der Waals surface area contributed by atoms with Gasteiger partial charge in [0.05, 0.1) is 19.9 Å². The zero-order chi connectivity index (χ0) is 13.2. The average Bonchev–Trinajstić information content (AvgIpc) is 2.90. The molecule has 2 aromatic carbocycles. The van der Waals surface area contributed by atoms with Crippen molar-refractivity contribution in [1.29, 1.82) is 0 Å². The van der Waals surface area contributed by atoms with E-state index in [1.54, 1.807) is 14.2 Å². The number of fused-ring (bicyclic) bond motifs is 1. The molecule has 0 radical (unpaired) electrons. The number of hydrogen-bond donors (Lipinski definition) is 0. The van der Waals surface area contributed by atoms with Gasteiger partial charge in [0.1, 0.15) is 11.5 Å². The van der Waals surface area contributed by atoms with Crippen LogP contribution in [-0.2, 0) is 13.1 Å². The third-order valence-electron chi connectivity index (χ3n) is 3.57. The lowest BCUT2D eigenvalue weighted by molar-refractivity contribution is 0.394. The zero-order valence-corrected chi connectivity index (χ0v) is 11.2. The van der Waals surface area contributed by atoms with Crippen molar-refractivity contribution in [3.8, 4) is 11.5 Å². The van der Waals surface area contributed by atoms with Crippen LogP contribution in [-0.4, -0.2) is 14.2 Å². The molecule has 1 aliphatic heterocycles. The highest BCUT2D eigenvalue weighted by Gasteiger charge is 2.21. The molecule has 3 rings (SSSR count). The molecule has 1 heterocycles. The Labute approximate surface area is 113 Å². The molecule has 2 aromatic rings. The average molecular weight is 255 g/mol. The Morgan fingerprint density at radius 2 is 1.58 bits per heavy atom. The van der Waals surface area contributed by atoms with E-state index >= 15 is 0 Å². The SMILES string of the molecule is COc1ccc(N2Cc3ccccc3C2)c(OC)c1. The molecular formula is C16H17NO2. The van der Waals surface area contributed by atoms with E-state index in [9.17, 15) is 0 Å². The number of hydrogen-bond acceptors (Lipinski definition) is 3. The Bertz CT molecular complexity index is 570. The molecule has 0 atom stereocenters. The van der Waals surface area contributed by atoms with Gasteiger partial charge in [0.25, 0.3) is 0 Å². The molecule has 0 fully saturated rings. The lowest BCUT2D eigenvalue weighted by Gasteiger charge is -2.21. The van der Waals surface area contributed by atoms with Gasteiger partial charge in [-0.2, -0.15) is 0 Å². The number of nitrogens with zero attached hydrogens (tertiary/aromatic N) is 1. The second-order valence-electron chi connectivity index (χ2n) is 4.66. The van der Waals surface area contributed by atoms with E-state index in [4.69, 9.17) is 9.47 Å². The Hall–Kier alpha value is -2.16. The molecule has 0 amide bonds. The maximum Gasteiger partial charge on any atom is 0.145 e. The summed E-state index contributed by atoms with van der Waals surface area (Å²) in [5.41, 5.74) is 3.89. The quantitative estimate of drug-likeness (QED) is 0.840. The van der Waals surface area contributed by atoms with Gasteiger partial charge in [0.2, 0.25) is 0 Å². The molecule has 98 valence electrons. The summed E-state index contributed by atoms with van der Waals surface area (Å²) >= 11 is 0. The van der Waals surface area contributed by atoms with Gasteiger partial charge in [-0.1, -0.05) is 24.3 Å². The van der Waals surface area contributed by atoms with Crippen molar-refractivity contribution >= 4 is 5.69 Å². The van der Waals surface area contributed by atoms with Gasteiger partial charge in [0, 0.05) is 19.2 Å². The first-order chi connectivity index (χ1) is 9.31. The summed E-state index contributed by atoms with van der Waals surface area (Å²) in [5, 5.41) is 0. The molecule has 0 bridgehead atoms. The third-order valence-corrected chi connectivity index (χ3v) is 3.57. The van der Waals surface area contributed by atoms with Crippen LogP contribution >= 0.6 is 0 Å². The van der Waals surface area contributed by atoms with Crippen LogP contribution in [0.25, 0.3) is 0 Å². The molecule has 3 heteroatoms. The van der Waals surface area contributed by atoms with Crippen LogP contribution in [0.1, 0.15) is 11.1 Å². The van der Waals surface area contributed by atoms with Gasteiger partial charge >= 0.3 is 0 Å². The lowest BCUT2D eigenvalue weighted by Crippen LogP contribution is -2.15. The summed E-state index contributed by atoms with van der Waals surface area (Å²) in [5.74, 6) is 1.67. The van der Waals surface area contributed by atoms with Crippen molar-refractivity contribution in [2.75, 3.05) is 19.1 Å². The van der Waals surface area contributed by atoms with Crippen LogP contribution < -0.4 is 14.4 Å². The van der Waals surface area contributed by atoms with E-state index in [0.29, 0.717) is 0 Å². The third kappa shape index (κ3) is 2.12. The fourth-order valence-electron chi connectivity index (χ4n) is 2.55.